The van der Waals surface area contributed by atoms with Crippen LogP contribution in [0, 0.1) is 6.92 Å². The van der Waals surface area contributed by atoms with Crippen molar-refractivity contribution in [1.82, 2.24) is 19.8 Å². The number of thiazole rings is 1. The summed E-state index contributed by atoms with van der Waals surface area (Å²) in [5, 5.41) is 3.38. The van der Waals surface area contributed by atoms with Crippen molar-refractivity contribution in [2.45, 2.75) is 26.4 Å². The molecule has 0 N–H and O–H groups in total. The van der Waals surface area contributed by atoms with Gasteiger partial charge in [0.25, 0.3) is 0 Å². The molecule has 3 rings (SSSR count). The lowest BCUT2D eigenvalue weighted by atomic mass is 10.2. The molecule has 1 aliphatic rings. The molecule has 0 aliphatic carbocycles. The van der Waals surface area contributed by atoms with Crippen molar-refractivity contribution in [3.8, 4) is 0 Å². The molecule has 2 aromatic rings. The molecule has 0 unspecified atom stereocenters. The van der Waals surface area contributed by atoms with Gasteiger partial charge in [0.15, 0.2) is 0 Å². The monoisotopic (exact) mass is 302 g/mol. The fourth-order valence-corrected chi connectivity index (χ4v) is 3.57. The summed E-state index contributed by atoms with van der Waals surface area (Å²) in [5.74, 6) is 0. The van der Waals surface area contributed by atoms with E-state index < -0.39 is 0 Å². The fourth-order valence-electron chi connectivity index (χ4n) is 2.76. The molecule has 0 saturated carbocycles. The molecule has 2 aromatic heterocycles. The number of aryl methyl sites for hydroxylation is 1. The second-order valence-electron chi connectivity index (χ2n) is 5.65. The lowest BCUT2D eigenvalue weighted by molar-refractivity contribution is 0.247. The Morgan fingerprint density at radius 3 is 2.62 bits per heavy atom. The second kappa shape index (κ2) is 7.11. The fraction of sp³-hybridized carbons (Fsp3) is 0.500. The summed E-state index contributed by atoms with van der Waals surface area (Å²) in [6.07, 6.45) is 5.04. The van der Waals surface area contributed by atoms with Crippen LogP contribution in [-0.2, 0) is 13.1 Å². The Morgan fingerprint density at radius 1 is 1.14 bits per heavy atom. The third kappa shape index (κ3) is 4.33. The molecule has 0 amide bonds. The van der Waals surface area contributed by atoms with Gasteiger partial charge >= 0.3 is 0 Å². The molecule has 1 aliphatic heterocycles. The SMILES string of the molecule is Cc1csc(CN2CCCN(Cc3cccnc3)CC2)n1. The molecule has 4 nitrogen and oxygen atoms in total. The van der Waals surface area contributed by atoms with E-state index in [0.717, 1.165) is 31.9 Å². The van der Waals surface area contributed by atoms with Crippen LogP contribution in [0.5, 0.6) is 0 Å². The van der Waals surface area contributed by atoms with Crippen LogP contribution in [0.1, 0.15) is 22.7 Å². The Kier molecular flexibility index (Phi) is 4.95. The van der Waals surface area contributed by atoms with E-state index >= 15 is 0 Å². The molecule has 0 spiro atoms. The van der Waals surface area contributed by atoms with Gasteiger partial charge in [0.2, 0.25) is 0 Å². The van der Waals surface area contributed by atoms with Crippen LogP contribution < -0.4 is 0 Å². The Balaban J connectivity index is 1.52. The van der Waals surface area contributed by atoms with Gasteiger partial charge in [-0.05, 0) is 38.1 Å². The quantitative estimate of drug-likeness (QED) is 0.869. The molecule has 0 radical (unpaired) electrons. The van der Waals surface area contributed by atoms with Crippen molar-refractivity contribution in [2.75, 3.05) is 26.2 Å². The third-order valence-corrected chi connectivity index (χ3v) is 4.79. The third-order valence-electron chi connectivity index (χ3n) is 3.84. The van der Waals surface area contributed by atoms with Crippen molar-refractivity contribution in [3.05, 3.63) is 46.2 Å². The van der Waals surface area contributed by atoms with Crippen LogP contribution in [0.2, 0.25) is 0 Å². The van der Waals surface area contributed by atoms with Gasteiger partial charge in [-0.1, -0.05) is 6.07 Å². The number of hydrogen-bond donors (Lipinski definition) is 0. The van der Waals surface area contributed by atoms with Crippen molar-refractivity contribution < 1.29 is 0 Å². The van der Waals surface area contributed by atoms with Crippen molar-refractivity contribution in [3.63, 3.8) is 0 Å². The highest BCUT2D eigenvalue weighted by atomic mass is 32.1. The topological polar surface area (TPSA) is 32.3 Å². The first-order valence-electron chi connectivity index (χ1n) is 7.54. The van der Waals surface area contributed by atoms with Gasteiger partial charge in [0.05, 0.1) is 6.54 Å². The molecule has 1 fully saturated rings. The summed E-state index contributed by atoms with van der Waals surface area (Å²) >= 11 is 1.78. The molecular formula is C16H22N4S. The van der Waals surface area contributed by atoms with E-state index in [4.69, 9.17) is 0 Å². The van der Waals surface area contributed by atoms with Crippen LogP contribution in [0.3, 0.4) is 0 Å². The largest absolute Gasteiger partial charge is 0.298 e. The summed E-state index contributed by atoms with van der Waals surface area (Å²) in [4.78, 5) is 13.8. The number of pyridine rings is 1. The summed E-state index contributed by atoms with van der Waals surface area (Å²) in [6, 6.07) is 4.18. The molecule has 0 atom stereocenters. The van der Waals surface area contributed by atoms with E-state index in [1.807, 2.05) is 18.5 Å². The van der Waals surface area contributed by atoms with Crippen LogP contribution >= 0.6 is 11.3 Å². The Hall–Kier alpha value is -1.30. The first kappa shape index (κ1) is 14.6. The van der Waals surface area contributed by atoms with Crippen molar-refractivity contribution in [2.24, 2.45) is 0 Å². The van der Waals surface area contributed by atoms with Gasteiger partial charge < -0.3 is 0 Å². The minimum Gasteiger partial charge on any atom is -0.298 e. The van der Waals surface area contributed by atoms with Crippen LogP contribution in [0.4, 0.5) is 0 Å². The van der Waals surface area contributed by atoms with Gasteiger partial charge in [-0.3, -0.25) is 14.8 Å². The Bertz CT molecular complexity index is 554. The maximum absolute atomic E-state index is 4.58. The van der Waals surface area contributed by atoms with E-state index in [0.29, 0.717) is 0 Å². The van der Waals surface area contributed by atoms with Gasteiger partial charge in [0, 0.05) is 43.1 Å². The minimum absolute atomic E-state index is 0.999. The van der Waals surface area contributed by atoms with Crippen molar-refractivity contribution in [1.29, 1.82) is 0 Å². The molecule has 21 heavy (non-hydrogen) atoms. The summed E-state index contributed by atoms with van der Waals surface area (Å²) in [7, 11) is 0. The van der Waals surface area contributed by atoms with Crippen LogP contribution in [-0.4, -0.2) is 45.9 Å². The molecule has 112 valence electrons. The molecule has 3 heterocycles. The zero-order valence-electron chi connectivity index (χ0n) is 12.5. The van der Waals surface area contributed by atoms with Gasteiger partial charge in [-0.15, -0.1) is 11.3 Å². The Labute approximate surface area is 130 Å². The zero-order chi connectivity index (χ0) is 14.5. The lowest BCUT2D eigenvalue weighted by Gasteiger charge is -2.21. The van der Waals surface area contributed by atoms with Gasteiger partial charge in [-0.25, -0.2) is 4.98 Å². The minimum atomic E-state index is 0.999. The maximum atomic E-state index is 4.58. The number of hydrogen-bond acceptors (Lipinski definition) is 5. The average Bonchev–Trinajstić information content (AvgIpc) is 2.77. The molecule has 5 heteroatoms. The first-order valence-corrected chi connectivity index (χ1v) is 8.42. The van der Waals surface area contributed by atoms with Crippen molar-refractivity contribution >= 4 is 11.3 Å². The summed E-state index contributed by atoms with van der Waals surface area (Å²) < 4.78 is 0. The molecular weight excluding hydrogens is 280 g/mol. The Morgan fingerprint density at radius 2 is 1.95 bits per heavy atom. The number of aromatic nitrogens is 2. The van der Waals surface area contributed by atoms with E-state index in [1.165, 1.54) is 30.1 Å². The normalized spacial score (nSPS) is 17.8. The highest BCUT2D eigenvalue weighted by Crippen LogP contribution is 2.14. The molecule has 0 aromatic carbocycles. The zero-order valence-corrected chi connectivity index (χ0v) is 13.4. The number of rotatable bonds is 4. The van der Waals surface area contributed by atoms with E-state index in [2.05, 4.69) is 38.1 Å². The second-order valence-corrected chi connectivity index (χ2v) is 6.59. The predicted octanol–water partition coefficient (Wildman–Crippen LogP) is 2.55. The highest BCUT2D eigenvalue weighted by molar-refractivity contribution is 7.09. The molecule has 0 bridgehead atoms. The highest BCUT2D eigenvalue weighted by Gasteiger charge is 2.16. The lowest BCUT2D eigenvalue weighted by Crippen LogP contribution is -2.30. The standard InChI is InChI=1S/C16H22N4S/c1-14-13-21-16(18-14)12-20-7-3-6-19(8-9-20)11-15-4-2-5-17-10-15/h2,4-5,10,13H,3,6-9,11-12H2,1H3. The smallest absolute Gasteiger partial charge is 0.107 e. The van der Waals surface area contributed by atoms with Crippen LogP contribution in [0.25, 0.3) is 0 Å². The van der Waals surface area contributed by atoms with Gasteiger partial charge in [0.1, 0.15) is 5.01 Å². The predicted molar refractivity (Wildman–Crippen MR) is 86.3 cm³/mol. The summed E-state index contributed by atoms with van der Waals surface area (Å²) in [6.45, 7) is 8.66. The first-order chi connectivity index (χ1) is 10.3. The van der Waals surface area contributed by atoms with E-state index in [-0.39, 0.29) is 0 Å². The van der Waals surface area contributed by atoms with E-state index in [1.54, 1.807) is 11.3 Å². The average molecular weight is 302 g/mol. The maximum Gasteiger partial charge on any atom is 0.107 e. The molecule has 1 saturated heterocycles. The van der Waals surface area contributed by atoms with E-state index in [9.17, 15) is 0 Å². The van der Waals surface area contributed by atoms with Gasteiger partial charge in [-0.2, -0.15) is 0 Å². The van der Waals surface area contributed by atoms with Crippen LogP contribution in [0.15, 0.2) is 29.9 Å². The number of nitrogens with zero attached hydrogens (tertiary/aromatic N) is 4. The summed E-state index contributed by atoms with van der Waals surface area (Å²) in [5.41, 5.74) is 2.45.